The van der Waals surface area contributed by atoms with Crippen LogP contribution in [0.25, 0.3) is 0 Å². The minimum Gasteiger partial charge on any atom is -0.488 e. The summed E-state index contributed by atoms with van der Waals surface area (Å²) in [6, 6.07) is 1.83. The maximum absolute atomic E-state index is 13.8. The van der Waals surface area contributed by atoms with Gasteiger partial charge in [-0.3, -0.25) is 19.2 Å². The molecule has 3 amide bonds. The summed E-state index contributed by atoms with van der Waals surface area (Å²) < 4.78 is 16.9. The Morgan fingerprint density at radius 1 is 0.750 bits per heavy atom. The van der Waals surface area contributed by atoms with E-state index in [1.807, 2.05) is 20.8 Å². The third-order valence-electron chi connectivity index (χ3n) is 6.44. The number of esters is 1. The zero-order valence-electron chi connectivity index (χ0n) is 29.9. The molecule has 1 aromatic rings. The van der Waals surface area contributed by atoms with E-state index in [4.69, 9.17) is 25.7 Å². The van der Waals surface area contributed by atoms with Crippen molar-refractivity contribution in [2.24, 2.45) is 11.5 Å². The van der Waals surface area contributed by atoms with Crippen molar-refractivity contribution in [1.82, 2.24) is 16.0 Å². The molecular formula is C34H57N5O9. The van der Waals surface area contributed by atoms with Crippen LogP contribution in [0.5, 0.6) is 5.75 Å². The summed E-state index contributed by atoms with van der Waals surface area (Å²) in [7, 11) is 0. The lowest BCUT2D eigenvalue weighted by Crippen LogP contribution is -2.59. The van der Waals surface area contributed by atoms with Gasteiger partial charge in [-0.25, -0.2) is 4.79 Å². The Kier molecular flexibility index (Phi) is 16.5. The lowest BCUT2D eigenvalue weighted by atomic mass is 10.0. The molecule has 1 aromatic carbocycles. The predicted molar refractivity (Wildman–Crippen MR) is 181 cm³/mol. The summed E-state index contributed by atoms with van der Waals surface area (Å²) in [6.45, 7) is 16.2. The Balaban J connectivity index is 3.31. The Morgan fingerprint density at radius 2 is 1.29 bits per heavy atom. The standard InChI is InChI=1S/C34H57N5O9/c1-32(2,3)46-20-26(30(43)37-24(31(44)45)12-10-11-17-35)39-29(42)25(18-21-13-15-22(16-14-21)47-33(4,5)6)38-28(41)23(36)19-27(40)48-34(7,8)9/h13-16,23-26H,10-12,17-20,35-36H2,1-9H3,(H,37,43)(H,38,41)(H,39,42)(H,44,45)/t23-,24-,25-,26-/m0/s1. The van der Waals surface area contributed by atoms with Gasteiger partial charge in [0.05, 0.1) is 24.7 Å². The average Bonchev–Trinajstić information content (AvgIpc) is 2.92. The summed E-state index contributed by atoms with van der Waals surface area (Å²) in [5, 5.41) is 17.4. The molecule has 14 nitrogen and oxygen atoms in total. The minimum absolute atomic E-state index is 0.0160. The molecule has 0 radical (unpaired) electrons. The topological polar surface area (TPSA) is 221 Å². The second-order valence-electron chi connectivity index (χ2n) is 14.7. The highest BCUT2D eigenvalue weighted by Crippen LogP contribution is 2.19. The second-order valence-corrected chi connectivity index (χ2v) is 14.7. The van der Waals surface area contributed by atoms with Crippen molar-refractivity contribution >= 4 is 29.7 Å². The molecule has 0 aliphatic rings. The van der Waals surface area contributed by atoms with E-state index in [1.54, 1.807) is 65.8 Å². The molecule has 272 valence electrons. The fourth-order valence-corrected chi connectivity index (χ4v) is 4.24. The van der Waals surface area contributed by atoms with Gasteiger partial charge in [0.15, 0.2) is 0 Å². The summed E-state index contributed by atoms with van der Waals surface area (Å²) in [6.07, 6.45) is 0.746. The van der Waals surface area contributed by atoms with Gasteiger partial charge in [0.1, 0.15) is 35.1 Å². The highest BCUT2D eigenvalue weighted by Gasteiger charge is 2.32. The van der Waals surface area contributed by atoms with Crippen LogP contribution in [0, 0.1) is 0 Å². The number of nitrogens with two attached hydrogens (primary N) is 2. The van der Waals surface area contributed by atoms with Crippen molar-refractivity contribution < 1.29 is 43.3 Å². The lowest BCUT2D eigenvalue weighted by Gasteiger charge is -2.28. The summed E-state index contributed by atoms with van der Waals surface area (Å²) in [5.41, 5.74) is 10.3. The zero-order valence-corrected chi connectivity index (χ0v) is 29.9. The molecule has 0 fully saturated rings. The molecule has 0 spiro atoms. The van der Waals surface area contributed by atoms with E-state index in [0.717, 1.165) is 0 Å². The Morgan fingerprint density at radius 3 is 1.79 bits per heavy atom. The van der Waals surface area contributed by atoms with Crippen LogP contribution >= 0.6 is 0 Å². The first-order chi connectivity index (χ1) is 22.0. The van der Waals surface area contributed by atoms with Gasteiger partial charge < -0.3 is 46.7 Å². The maximum Gasteiger partial charge on any atom is 0.326 e. The van der Waals surface area contributed by atoms with Crippen LogP contribution in [0.3, 0.4) is 0 Å². The molecule has 0 aromatic heterocycles. The minimum atomic E-state index is -1.33. The fraction of sp³-hybridized carbons (Fsp3) is 0.676. The molecule has 14 heteroatoms. The Hall–Kier alpha value is -3.75. The molecule has 0 aliphatic heterocycles. The van der Waals surface area contributed by atoms with Gasteiger partial charge in [-0.1, -0.05) is 12.1 Å². The lowest BCUT2D eigenvalue weighted by molar-refractivity contribution is -0.156. The van der Waals surface area contributed by atoms with E-state index in [9.17, 15) is 29.1 Å². The van der Waals surface area contributed by atoms with Crippen LogP contribution < -0.4 is 32.2 Å². The maximum atomic E-state index is 13.8. The summed E-state index contributed by atoms with van der Waals surface area (Å²) in [4.78, 5) is 64.5. The predicted octanol–water partition coefficient (Wildman–Crippen LogP) is 1.95. The number of carbonyl (C=O) groups excluding carboxylic acids is 4. The first kappa shape index (κ1) is 42.3. The van der Waals surface area contributed by atoms with Crippen LogP contribution in [0.1, 0.15) is 93.6 Å². The SMILES string of the molecule is CC(C)(C)OC[C@H](NC(=O)[C@H](Cc1ccc(OC(C)(C)C)cc1)NC(=O)[C@@H](N)CC(=O)OC(C)(C)C)C(=O)N[C@@H](CCCCN)C(=O)O. The van der Waals surface area contributed by atoms with E-state index in [2.05, 4.69) is 16.0 Å². The largest absolute Gasteiger partial charge is 0.488 e. The average molecular weight is 680 g/mol. The number of benzene rings is 1. The Labute approximate surface area is 284 Å². The smallest absolute Gasteiger partial charge is 0.326 e. The van der Waals surface area contributed by atoms with Crippen LogP contribution in [-0.2, 0) is 39.9 Å². The third kappa shape index (κ3) is 18.0. The van der Waals surface area contributed by atoms with Gasteiger partial charge in [0, 0.05) is 6.42 Å². The van der Waals surface area contributed by atoms with Crippen molar-refractivity contribution in [3.05, 3.63) is 29.8 Å². The van der Waals surface area contributed by atoms with Gasteiger partial charge in [-0.15, -0.1) is 0 Å². The van der Waals surface area contributed by atoms with E-state index in [-0.39, 0.29) is 19.4 Å². The number of rotatable bonds is 18. The molecule has 0 heterocycles. The molecule has 48 heavy (non-hydrogen) atoms. The summed E-state index contributed by atoms with van der Waals surface area (Å²) in [5.74, 6) is -3.63. The van der Waals surface area contributed by atoms with Crippen molar-refractivity contribution in [3.63, 3.8) is 0 Å². The molecule has 0 saturated carbocycles. The van der Waals surface area contributed by atoms with Gasteiger partial charge >= 0.3 is 11.9 Å². The normalized spacial score (nSPS) is 14.6. The van der Waals surface area contributed by atoms with Crippen LogP contribution in [0.2, 0.25) is 0 Å². The van der Waals surface area contributed by atoms with E-state index < -0.39 is 77.1 Å². The number of amides is 3. The number of carboxylic acid groups (broad SMARTS) is 1. The van der Waals surface area contributed by atoms with Gasteiger partial charge in [-0.05, 0) is 106 Å². The van der Waals surface area contributed by atoms with Crippen molar-refractivity contribution in [2.45, 2.75) is 135 Å². The third-order valence-corrected chi connectivity index (χ3v) is 6.44. The van der Waals surface area contributed by atoms with Crippen LogP contribution in [-0.4, -0.2) is 88.9 Å². The fourth-order valence-electron chi connectivity index (χ4n) is 4.24. The number of hydrogen-bond acceptors (Lipinski definition) is 10. The molecule has 0 bridgehead atoms. The van der Waals surface area contributed by atoms with Crippen LogP contribution in [0.4, 0.5) is 0 Å². The molecule has 4 atom stereocenters. The number of unbranched alkanes of at least 4 members (excludes halogenated alkanes) is 1. The molecule has 0 unspecified atom stereocenters. The highest BCUT2D eigenvalue weighted by molar-refractivity contribution is 5.95. The molecular weight excluding hydrogens is 622 g/mol. The van der Waals surface area contributed by atoms with Crippen molar-refractivity contribution in [2.75, 3.05) is 13.2 Å². The quantitative estimate of drug-likeness (QED) is 0.0972. The van der Waals surface area contributed by atoms with E-state index in [0.29, 0.717) is 30.7 Å². The number of aliphatic carboxylic acids is 1. The molecule has 8 N–H and O–H groups in total. The van der Waals surface area contributed by atoms with Crippen molar-refractivity contribution in [1.29, 1.82) is 0 Å². The Bertz CT molecular complexity index is 1220. The summed E-state index contributed by atoms with van der Waals surface area (Å²) >= 11 is 0. The van der Waals surface area contributed by atoms with Gasteiger partial charge in [-0.2, -0.15) is 0 Å². The van der Waals surface area contributed by atoms with E-state index >= 15 is 0 Å². The first-order valence-electron chi connectivity index (χ1n) is 16.2. The number of hydrogen-bond donors (Lipinski definition) is 6. The van der Waals surface area contributed by atoms with E-state index in [1.165, 1.54) is 0 Å². The number of nitrogens with one attached hydrogen (secondary N) is 3. The number of carbonyl (C=O) groups is 5. The van der Waals surface area contributed by atoms with Gasteiger partial charge in [0.25, 0.3) is 0 Å². The molecule has 0 aliphatic carbocycles. The monoisotopic (exact) mass is 679 g/mol. The number of carboxylic acids is 1. The highest BCUT2D eigenvalue weighted by atomic mass is 16.6. The van der Waals surface area contributed by atoms with Gasteiger partial charge in [0.2, 0.25) is 17.7 Å². The van der Waals surface area contributed by atoms with Crippen molar-refractivity contribution in [3.8, 4) is 5.75 Å². The second kappa shape index (κ2) is 18.7. The van der Waals surface area contributed by atoms with Crippen LogP contribution in [0.15, 0.2) is 24.3 Å². The zero-order chi connectivity index (χ0) is 36.9. The number of ether oxygens (including phenoxy) is 3. The molecule has 1 rings (SSSR count). The molecule has 0 saturated heterocycles. The first-order valence-corrected chi connectivity index (χ1v) is 16.2.